The molecule has 1 nitrogen and oxygen atoms in total. The highest BCUT2D eigenvalue weighted by molar-refractivity contribution is 14.2. The molecule has 0 radical (unpaired) electrons. The molecular formula is HIOS6. The summed E-state index contributed by atoms with van der Waals surface area (Å²) in [4.78, 5) is 0. The van der Waals surface area contributed by atoms with Crippen LogP contribution in [0.5, 0.6) is 0 Å². The maximum Gasteiger partial charge on any atom is 0.0690 e. The third-order valence-corrected chi connectivity index (χ3v) is 12.2. The highest BCUT2D eigenvalue weighted by Gasteiger charge is 1.63. The molecule has 0 fully saturated rings. The van der Waals surface area contributed by atoms with Crippen molar-refractivity contribution in [3.8, 4) is 0 Å². The lowest BCUT2D eigenvalue weighted by molar-refractivity contribution is 0.671. The molecule has 0 aliphatic heterocycles. The van der Waals surface area contributed by atoms with Gasteiger partial charge < -0.3 is 4.55 Å². The summed E-state index contributed by atoms with van der Waals surface area (Å²) in [6, 6.07) is 0. The molecule has 8 heavy (non-hydrogen) atoms. The molecule has 0 saturated carbocycles. The summed E-state index contributed by atoms with van der Waals surface area (Å²) in [5.74, 6) is 0. The van der Waals surface area contributed by atoms with E-state index in [0.717, 1.165) is 0 Å². The Morgan fingerprint density at radius 2 is 1.88 bits per heavy atom. The van der Waals surface area contributed by atoms with Crippen molar-refractivity contribution in [2.75, 3.05) is 0 Å². The molecule has 0 saturated heterocycles. The quantitative estimate of drug-likeness (QED) is 0.524. The SMILES string of the molecule is OS(I)=S=S=S(=S)=S. The topological polar surface area (TPSA) is 20.2 Å². The van der Waals surface area contributed by atoms with Crippen molar-refractivity contribution in [3.63, 3.8) is 0 Å². The summed E-state index contributed by atoms with van der Waals surface area (Å²) in [6.45, 7) is -1.06. The van der Waals surface area contributed by atoms with Gasteiger partial charge >= 0.3 is 0 Å². The van der Waals surface area contributed by atoms with Crippen molar-refractivity contribution < 1.29 is 4.55 Å². The van der Waals surface area contributed by atoms with Crippen LogP contribution >= 0.6 is 21.2 Å². The zero-order valence-corrected chi connectivity index (χ0v) is 10.3. The van der Waals surface area contributed by atoms with Gasteiger partial charge in [-0.2, -0.15) is 0 Å². The number of hydrogen-bond acceptors (Lipinski definition) is 2. The third-order valence-electron chi connectivity index (χ3n) is 0.139. The molecule has 0 aromatic rings. The molecule has 50 valence electrons. The van der Waals surface area contributed by atoms with Crippen LogP contribution in [0.3, 0.4) is 0 Å². The van der Waals surface area contributed by atoms with Crippen molar-refractivity contribution in [1.82, 2.24) is 0 Å². The molecule has 1 unspecified atom stereocenters. The van der Waals surface area contributed by atoms with Gasteiger partial charge in [-0.05, 0) is 46.7 Å². The molecule has 0 rings (SSSR count). The zero-order valence-electron chi connectivity index (χ0n) is 3.27. The molecule has 1 atom stereocenters. The lowest BCUT2D eigenvalue weighted by Crippen LogP contribution is -1.60. The van der Waals surface area contributed by atoms with Crippen molar-refractivity contribution >= 4 is 74.8 Å². The minimum atomic E-state index is -0.613. The summed E-state index contributed by atoms with van der Waals surface area (Å²) >= 11 is 11.3. The first-order valence-corrected chi connectivity index (χ1v) is 11.2. The van der Waals surface area contributed by atoms with E-state index in [9.17, 15) is 0 Å². The van der Waals surface area contributed by atoms with Crippen LogP contribution in [0.25, 0.3) is 0 Å². The van der Waals surface area contributed by atoms with E-state index in [2.05, 4.69) is 22.4 Å². The summed E-state index contributed by atoms with van der Waals surface area (Å²) < 4.78 is 8.67. The average molecular weight is 336 g/mol. The van der Waals surface area contributed by atoms with Crippen molar-refractivity contribution in [1.29, 1.82) is 0 Å². The maximum atomic E-state index is 8.67. The van der Waals surface area contributed by atoms with Crippen LogP contribution in [-0.4, -0.2) is 4.55 Å². The zero-order chi connectivity index (χ0) is 6.57. The van der Waals surface area contributed by atoms with Gasteiger partial charge in [0.1, 0.15) is 0 Å². The van der Waals surface area contributed by atoms with Crippen LogP contribution in [0.1, 0.15) is 0 Å². The van der Waals surface area contributed by atoms with Crippen LogP contribution in [0.2, 0.25) is 0 Å². The van der Waals surface area contributed by atoms with Crippen molar-refractivity contribution in [3.05, 3.63) is 0 Å². The molecule has 0 aromatic carbocycles. The molecule has 0 aromatic heterocycles. The van der Waals surface area contributed by atoms with Crippen LogP contribution in [0.15, 0.2) is 0 Å². The van der Waals surface area contributed by atoms with Crippen LogP contribution in [0, 0.1) is 0 Å². The summed E-state index contributed by atoms with van der Waals surface area (Å²) in [7, 11) is 2.70. The summed E-state index contributed by atoms with van der Waals surface area (Å²) in [6.07, 6.45) is 0. The first kappa shape index (κ1) is 10.1. The van der Waals surface area contributed by atoms with Gasteiger partial charge in [-0.1, -0.05) is 0 Å². The van der Waals surface area contributed by atoms with E-state index in [4.69, 9.17) is 4.55 Å². The summed E-state index contributed by atoms with van der Waals surface area (Å²) in [5, 5.41) is 0. The second-order valence-corrected chi connectivity index (χ2v) is 15.0. The largest absolute Gasteiger partial charge is 0.319 e. The van der Waals surface area contributed by atoms with E-state index in [1.807, 2.05) is 21.2 Å². The Bertz CT molecular complexity index is 245. The fraction of sp³-hybridized carbons (Fsp3) is 0. The predicted octanol–water partition coefficient (Wildman–Crippen LogP) is 0.880. The standard InChI is InChI=1S/HIOS6/c1-7(2)5-6-8(3)4/h2H. The fourth-order valence-electron chi connectivity index (χ4n) is 0.0456. The molecular weight excluding hydrogens is 335 g/mol. The van der Waals surface area contributed by atoms with Gasteiger partial charge in [-0.3, -0.25) is 0 Å². The summed E-state index contributed by atoms with van der Waals surface area (Å²) in [5.41, 5.74) is 0. The minimum absolute atomic E-state index is 0.448. The molecule has 8 heteroatoms. The maximum absolute atomic E-state index is 8.67. The lowest BCUT2D eigenvalue weighted by Gasteiger charge is -1.67. The van der Waals surface area contributed by atoms with Crippen molar-refractivity contribution in [2.24, 2.45) is 0 Å². The van der Waals surface area contributed by atoms with Gasteiger partial charge in [-0.15, -0.1) is 0 Å². The van der Waals surface area contributed by atoms with Gasteiger partial charge in [0, 0.05) is 21.2 Å². The first-order valence-electron chi connectivity index (χ1n) is 1.17. The molecule has 1 N–H and O–H groups in total. The number of rotatable bonds is 0. The lowest BCUT2D eigenvalue weighted by atomic mass is 15.9. The minimum Gasteiger partial charge on any atom is -0.319 e. The van der Waals surface area contributed by atoms with E-state index in [0.29, 0.717) is 0 Å². The first-order chi connectivity index (χ1) is 3.63. The number of hydrogen-bond donors (Lipinski definition) is 1. The van der Waals surface area contributed by atoms with E-state index >= 15 is 0 Å². The predicted molar refractivity (Wildman–Crippen MR) is 60.8 cm³/mol. The van der Waals surface area contributed by atoms with Crippen LogP contribution < -0.4 is 0 Å². The number of halogens is 1. The van der Waals surface area contributed by atoms with E-state index in [-0.39, 0.29) is 0 Å². The fourth-order valence-corrected chi connectivity index (χ4v) is 12.2. The van der Waals surface area contributed by atoms with Gasteiger partial charge in [0.15, 0.2) is 0 Å². The Labute approximate surface area is 78.1 Å². The second-order valence-electron chi connectivity index (χ2n) is 0.547. The second kappa shape index (κ2) is 5.89. The molecule has 0 bridgehead atoms. The highest BCUT2D eigenvalue weighted by atomic mass is 127. The Morgan fingerprint density at radius 1 is 1.38 bits per heavy atom. The molecule has 0 aliphatic carbocycles. The van der Waals surface area contributed by atoms with Crippen LogP contribution in [0.4, 0.5) is 0 Å². The third kappa shape index (κ3) is 8.14. The normalized spacial score (nSPS) is 12.2. The van der Waals surface area contributed by atoms with E-state index < -0.39 is 13.5 Å². The monoisotopic (exact) mass is 336 g/mol. The molecule has 0 spiro atoms. The average Bonchev–Trinajstić information content (AvgIpc) is 1.61. The Balaban J connectivity index is 5.08. The van der Waals surface area contributed by atoms with Gasteiger partial charge in [-0.25, -0.2) is 0 Å². The Kier molecular flexibility index (Phi) is 7.47. The van der Waals surface area contributed by atoms with Gasteiger partial charge in [0.2, 0.25) is 0 Å². The van der Waals surface area contributed by atoms with Gasteiger partial charge in [0.25, 0.3) is 0 Å². The van der Waals surface area contributed by atoms with Gasteiger partial charge in [0.05, 0.1) is 6.91 Å². The Morgan fingerprint density at radius 3 is 2.00 bits per heavy atom. The Hall–Kier alpha value is 2.14. The molecule has 0 heterocycles. The molecule has 0 amide bonds. The smallest absolute Gasteiger partial charge is 0.0690 e. The van der Waals surface area contributed by atoms with E-state index in [1.165, 1.54) is 17.8 Å². The molecule has 0 aliphatic rings. The highest BCUT2D eigenvalue weighted by Crippen LogP contribution is 1.85. The van der Waals surface area contributed by atoms with Crippen LogP contribution in [-0.2, 0) is 53.6 Å². The van der Waals surface area contributed by atoms with Crippen molar-refractivity contribution in [2.45, 2.75) is 0 Å². The van der Waals surface area contributed by atoms with E-state index in [1.54, 1.807) is 0 Å².